The van der Waals surface area contributed by atoms with Crippen LogP contribution >= 0.6 is 0 Å². The van der Waals surface area contributed by atoms with Crippen molar-refractivity contribution < 1.29 is 22.0 Å². The molecule has 1 amide bonds. The Labute approximate surface area is 181 Å². The molecule has 0 aliphatic carbocycles. The Morgan fingerprint density at radius 2 is 1.55 bits per heavy atom. The summed E-state index contributed by atoms with van der Waals surface area (Å²) >= 11 is 0. The number of rotatable bonds is 6. The molecule has 2 aromatic carbocycles. The molecule has 2 saturated heterocycles. The highest BCUT2D eigenvalue weighted by Gasteiger charge is 2.38. The third-order valence-electron chi connectivity index (χ3n) is 5.97. The zero-order valence-corrected chi connectivity index (χ0v) is 17.9. The van der Waals surface area contributed by atoms with Gasteiger partial charge in [-0.1, -0.05) is 30.3 Å². The van der Waals surface area contributed by atoms with E-state index in [-0.39, 0.29) is 29.9 Å². The van der Waals surface area contributed by atoms with Gasteiger partial charge in [-0.25, -0.2) is 17.2 Å². The number of amides is 1. The van der Waals surface area contributed by atoms with E-state index in [0.717, 1.165) is 25.0 Å². The second-order valence-corrected chi connectivity index (χ2v) is 9.85. The minimum absolute atomic E-state index is 0.0828. The molecular weight excluding hydrogens is 424 g/mol. The summed E-state index contributed by atoms with van der Waals surface area (Å²) < 4.78 is 53.7. The van der Waals surface area contributed by atoms with E-state index in [9.17, 15) is 22.0 Å². The Bertz CT molecular complexity index is 1020. The highest BCUT2D eigenvalue weighted by Crippen LogP contribution is 2.23. The summed E-state index contributed by atoms with van der Waals surface area (Å²) in [6.45, 7) is 2.51. The monoisotopic (exact) mass is 449 g/mol. The molecule has 9 heteroatoms. The molecule has 2 fully saturated rings. The SMILES string of the molecule is O=C1C(N2CCN(S(=O)(=O)c3cc(F)cc(F)c3)CC2)CCN1CCc1ccccc1. The largest absolute Gasteiger partial charge is 0.341 e. The highest BCUT2D eigenvalue weighted by atomic mass is 32.2. The number of benzene rings is 2. The van der Waals surface area contributed by atoms with Gasteiger partial charge in [0.15, 0.2) is 0 Å². The van der Waals surface area contributed by atoms with Gasteiger partial charge in [-0.05, 0) is 30.5 Å². The van der Waals surface area contributed by atoms with Gasteiger partial charge < -0.3 is 4.90 Å². The average Bonchev–Trinajstić information content (AvgIpc) is 3.12. The molecular formula is C22H25F2N3O3S. The van der Waals surface area contributed by atoms with Crippen LogP contribution in [0.3, 0.4) is 0 Å². The third-order valence-corrected chi connectivity index (χ3v) is 7.85. The Morgan fingerprint density at radius 3 is 2.19 bits per heavy atom. The molecule has 0 spiro atoms. The van der Waals surface area contributed by atoms with Crippen LogP contribution in [0, 0.1) is 11.6 Å². The smallest absolute Gasteiger partial charge is 0.243 e. The standard InChI is InChI=1S/C22H25F2N3O3S/c23-18-14-19(24)16-20(15-18)31(29,30)27-12-10-25(11-13-27)21-7-9-26(22(21)28)8-6-17-4-2-1-3-5-17/h1-5,14-16,21H,6-13H2. The van der Waals surface area contributed by atoms with E-state index in [0.29, 0.717) is 32.2 Å². The Balaban J connectivity index is 1.34. The van der Waals surface area contributed by atoms with Crippen LogP contribution in [0.1, 0.15) is 12.0 Å². The van der Waals surface area contributed by atoms with Crippen LogP contribution in [0.15, 0.2) is 53.4 Å². The maximum Gasteiger partial charge on any atom is 0.243 e. The Hall–Kier alpha value is -2.36. The number of halogens is 2. The van der Waals surface area contributed by atoms with E-state index < -0.39 is 21.7 Å². The Kier molecular flexibility index (Phi) is 6.36. The van der Waals surface area contributed by atoms with Crippen molar-refractivity contribution in [2.45, 2.75) is 23.8 Å². The minimum atomic E-state index is -3.99. The molecule has 6 nitrogen and oxygen atoms in total. The lowest BCUT2D eigenvalue weighted by Gasteiger charge is -2.36. The number of hydrogen-bond donors (Lipinski definition) is 0. The van der Waals surface area contributed by atoms with Gasteiger partial charge >= 0.3 is 0 Å². The van der Waals surface area contributed by atoms with Crippen LogP contribution in [-0.4, -0.2) is 73.7 Å². The van der Waals surface area contributed by atoms with Gasteiger partial charge in [0.05, 0.1) is 10.9 Å². The molecule has 166 valence electrons. The summed E-state index contributed by atoms with van der Waals surface area (Å²) in [5, 5.41) is 0. The van der Waals surface area contributed by atoms with Crippen LogP contribution in [0.4, 0.5) is 8.78 Å². The predicted molar refractivity (Wildman–Crippen MR) is 112 cm³/mol. The van der Waals surface area contributed by atoms with Crippen LogP contribution in [0.5, 0.6) is 0 Å². The molecule has 4 rings (SSSR count). The number of piperazine rings is 1. The molecule has 0 N–H and O–H groups in total. The number of carbonyl (C=O) groups is 1. The normalized spacial score (nSPS) is 21.0. The second kappa shape index (κ2) is 9.02. The first-order valence-electron chi connectivity index (χ1n) is 10.4. The molecule has 2 aliphatic heterocycles. The van der Waals surface area contributed by atoms with Crippen LogP contribution in [0.25, 0.3) is 0 Å². The fraction of sp³-hybridized carbons (Fsp3) is 0.409. The van der Waals surface area contributed by atoms with Gasteiger partial charge in [0.25, 0.3) is 0 Å². The van der Waals surface area contributed by atoms with E-state index in [1.807, 2.05) is 40.1 Å². The number of hydrogen-bond acceptors (Lipinski definition) is 4. The fourth-order valence-electron chi connectivity index (χ4n) is 4.27. The zero-order valence-electron chi connectivity index (χ0n) is 17.1. The van der Waals surface area contributed by atoms with Crippen LogP contribution < -0.4 is 0 Å². The van der Waals surface area contributed by atoms with Crippen molar-refractivity contribution in [1.29, 1.82) is 0 Å². The van der Waals surface area contributed by atoms with Gasteiger partial charge in [-0.3, -0.25) is 9.69 Å². The van der Waals surface area contributed by atoms with Gasteiger partial charge in [-0.15, -0.1) is 0 Å². The summed E-state index contributed by atoms with van der Waals surface area (Å²) in [5.74, 6) is -1.77. The number of carbonyl (C=O) groups excluding carboxylic acids is 1. The maximum atomic E-state index is 13.5. The Morgan fingerprint density at radius 1 is 0.903 bits per heavy atom. The fourth-order valence-corrected chi connectivity index (χ4v) is 5.74. The molecule has 0 radical (unpaired) electrons. The lowest BCUT2D eigenvalue weighted by atomic mass is 10.1. The topological polar surface area (TPSA) is 60.9 Å². The van der Waals surface area contributed by atoms with Gasteiger partial charge in [-0.2, -0.15) is 4.31 Å². The van der Waals surface area contributed by atoms with E-state index in [4.69, 9.17) is 0 Å². The van der Waals surface area contributed by atoms with Crippen molar-refractivity contribution >= 4 is 15.9 Å². The van der Waals surface area contributed by atoms with Gasteiger partial charge in [0, 0.05) is 45.3 Å². The molecule has 0 saturated carbocycles. The molecule has 2 aromatic rings. The summed E-state index contributed by atoms with van der Waals surface area (Å²) in [6, 6.07) is 12.1. The second-order valence-electron chi connectivity index (χ2n) is 7.91. The molecule has 2 heterocycles. The van der Waals surface area contributed by atoms with E-state index in [2.05, 4.69) is 0 Å². The molecule has 2 aliphatic rings. The number of likely N-dealkylation sites (tertiary alicyclic amines) is 1. The first-order valence-corrected chi connectivity index (χ1v) is 11.8. The van der Waals surface area contributed by atoms with E-state index in [1.165, 1.54) is 9.87 Å². The predicted octanol–water partition coefficient (Wildman–Crippen LogP) is 2.11. The van der Waals surface area contributed by atoms with Gasteiger partial charge in [0.1, 0.15) is 11.6 Å². The highest BCUT2D eigenvalue weighted by molar-refractivity contribution is 7.89. The van der Waals surface area contributed by atoms with Crippen LogP contribution in [0.2, 0.25) is 0 Å². The molecule has 1 atom stereocenters. The molecule has 0 aromatic heterocycles. The quantitative estimate of drug-likeness (QED) is 0.678. The number of sulfonamides is 1. The molecule has 0 bridgehead atoms. The molecule has 1 unspecified atom stereocenters. The van der Waals surface area contributed by atoms with Crippen molar-refractivity contribution in [2.24, 2.45) is 0 Å². The van der Waals surface area contributed by atoms with Crippen molar-refractivity contribution in [2.75, 3.05) is 39.3 Å². The number of nitrogens with zero attached hydrogens (tertiary/aromatic N) is 3. The summed E-state index contributed by atoms with van der Waals surface area (Å²) in [7, 11) is -3.99. The molecule has 31 heavy (non-hydrogen) atoms. The first kappa shape index (κ1) is 21.9. The lowest BCUT2D eigenvalue weighted by Crippen LogP contribution is -2.53. The van der Waals surface area contributed by atoms with Gasteiger partial charge in [0.2, 0.25) is 15.9 Å². The lowest BCUT2D eigenvalue weighted by molar-refractivity contribution is -0.132. The minimum Gasteiger partial charge on any atom is -0.341 e. The van der Waals surface area contributed by atoms with E-state index in [1.54, 1.807) is 0 Å². The summed E-state index contributed by atoms with van der Waals surface area (Å²) in [6.07, 6.45) is 1.52. The van der Waals surface area contributed by atoms with Crippen molar-refractivity contribution in [3.63, 3.8) is 0 Å². The van der Waals surface area contributed by atoms with Crippen molar-refractivity contribution in [1.82, 2.24) is 14.1 Å². The zero-order chi connectivity index (χ0) is 22.0. The third kappa shape index (κ3) is 4.78. The van der Waals surface area contributed by atoms with E-state index >= 15 is 0 Å². The van der Waals surface area contributed by atoms with Crippen molar-refractivity contribution in [3.8, 4) is 0 Å². The van der Waals surface area contributed by atoms with Crippen molar-refractivity contribution in [3.05, 3.63) is 65.7 Å². The first-order chi connectivity index (χ1) is 14.8. The average molecular weight is 450 g/mol. The summed E-state index contributed by atoms with van der Waals surface area (Å²) in [5.41, 5.74) is 1.19. The maximum absolute atomic E-state index is 13.5. The summed E-state index contributed by atoms with van der Waals surface area (Å²) in [4.78, 5) is 16.4. The van der Waals surface area contributed by atoms with Crippen LogP contribution in [-0.2, 0) is 21.2 Å².